The van der Waals surface area contributed by atoms with Crippen LogP contribution < -0.4 is 16.4 Å². The Kier molecular flexibility index (Phi) is 5.25. The van der Waals surface area contributed by atoms with E-state index in [4.69, 9.17) is 11.0 Å². The van der Waals surface area contributed by atoms with Crippen molar-refractivity contribution in [1.82, 2.24) is 10.3 Å². The molecule has 0 spiro atoms. The Balaban J connectivity index is 2.41. The number of primary amides is 1. The molecule has 0 saturated carbocycles. The molecule has 0 fully saturated rings. The summed E-state index contributed by atoms with van der Waals surface area (Å²) < 4.78 is 0. The highest BCUT2D eigenvalue weighted by molar-refractivity contribution is 5.98. The van der Waals surface area contributed by atoms with Crippen molar-refractivity contribution in [3.63, 3.8) is 0 Å². The van der Waals surface area contributed by atoms with Crippen LogP contribution in [0.4, 0.5) is 11.4 Å². The lowest BCUT2D eigenvalue weighted by Gasteiger charge is -2.11. The van der Waals surface area contributed by atoms with E-state index in [1.807, 2.05) is 13.1 Å². The monoisotopic (exact) mass is 308 g/mol. The smallest absolute Gasteiger partial charge is 0.249 e. The number of guanidine groups is 1. The highest BCUT2D eigenvalue weighted by atomic mass is 16.1. The first-order chi connectivity index (χ1) is 11.2. The molecule has 0 aliphatic carbocycles. The van der Waals surface area contributed by atoms with Gasteiger partial charge in [-0.2, -0.15) is 5.26 Å². The van der Waals surface area contributed by atoms with Gasteiger partial charge in [-0.1, -0.05) is 13.0 Å². The molecule has 7 nitrogen and oxygen atoms in total. The molecule has 0 bridgehead atoms. The lowest BCUT2D eigenvalue weighted by Crippen LogP contribution is -2.26. The maximum Gasteiger partial charge on any atom is 0.249 e. The first kappa shape index (κ1) is 16.0. The molecule has 1 heterocycles. The first-order valence-electron chi connectivity index (χ1n) is 6.98. The minimum Gasteiger partial charge on any atom is -0.366 e. The number of benzene rings is 1. The van der Waals surface area contributed by atoms with E-state index in [-0.39, 0.29) is 5.96 Å². The van der Waals surface area contributed by atoms with Crippen LogP contribution >= 0.6 is 0 Å². The highest BCUT2D eigenvalue weighted by Crippen LogP contribution is 2.23. The molecule has 0 atom stereocenters. The molecule has 0 unspecified atom stereocenters. The molecule has 0 aliphatic rings. The van der Waals surface area contributed by atoms with Gasteiger partial charge in [0.15, 0.2) is 6.19 Å². The summed E-state index contributed by atoms with van der Waals surface area (Å²) in [6.45, 7) is 1.91. The number of amides is 1. The fourth-order valence-electron chi connectivity index (χ4n) is 2.12. The van der Waals surface area contributed by atoms with Gasteiger partial charge in [-0.15, -0.1) is 0 Å². The van der Waals surface area contributed by atoms with Crippen LogP contribution in [0.5, 0.6) is 0 Å². The zero-order valence-electron chi connectivity index (χ0n) is 12.6. The fraction of sp³-hybridized carbons (Fsp3) is 0.125. The second kappa shape index (κ2) is 7.56. The van der Waals surface area contributed by atoms with Crippen LogP contribution in [0.3, 0.4) is 0 Å². The molecule has 116 valence electrons. The van der Waals surface area contributed by atoms with Gasteiger partial charge in [-0.3, -0.25) is 15.1 Å². The number of hydrogen-bond donors (Lipinski definition) is 3. The summed E-state index contributed by atoms with van der Waals surface area (Å²) in [6, 6.07) is 8.67. The van der Waals surface area contributed by atoms with E-state index >= 15 is 0 Å². The summed E-state index contributed by atoms with van der Waals surface area (Å²) in [5, 5.41) is 14.3. The van der Waals surface area contributed by atoms with Gasteiger partial charge in [0.2, 0.25) is 11.9 Å². The number of nitrogens with one attached hydrogen (secondary N) is 2. The third-order valence-electron chi connectivity index (χ3n) is 3.10. The minimum atomic E-state index is -0.506. The fourth-order valence-corrected chi connectivity index (χ4v) is 2.12. The zero-order chi connectivity index (χ0) is 16.7. The molecular formula is C16H16N6O. The summed E-state index contributed by atoms with van der Waals surface area (Å²) in [7, 11) is 0. The molecule has 2 aromatic rings. The van der Waals surface area contributed by atoms with Crippen molar-refractivity contribution in [3.05, 3.63) is 53.9 Å². The maximum absolute atomic E-state index is 11.5. The van der Waals surface area contributed by atoms with Crippen LogP contribution in [-0.2, 0) is 6.42 Å². The van der Waals surface area contributed by atoms with Crippen LogP contribution in [0, 0.1) is 11.5 Å². The Labute approximate surface area is 133 Å². The van der Waals surface area contributed by atoms with Crippen molar-refractivity contribution in [3.8, 4) is 6.19 Å². The van der Waals surface area contributed by atoms with Crippen molar-refractivity contribution in [2.45, 2.75) is 13.3 Å². The number of rotatable bonds is 4. The van der Waals surface area contributed by atoms with Crippen molar-refractivity contribution in [2.24, 2.45) is 10.7 Å². The average Bonchev–Trinajstić information content (AvgIpc) is 2.55. The molecule has 1 aromatic carbocycles. The quantitative estimate of drug-likeness (QED) is 0.345. The Morgan fingerprint density at radius 3 is 2.83 bits per heavy atom. The van der Waals surface area contributed by atoms with E-state index in [1.54, 1.807) is 42.7 Å². The van der Waals surface area contributed by atoms with Gasteiger partial charge in [-0.25, -0.2) is 4.99 Å². The molecule has 0 aliphatic heterocycles. The molecule has 0 radical (unpaired) electrons. The Bertz CT molecular complexity index is 764. The molecule has 1 amide bonds. The van der Waals surface area contributed by atoms with Crippen molar-refractivity contribution in [1.29, 1.82) is 5.26 Å². The largest absolute Gasteiger partial charge is 0.366 e. The topological polar surface area (TPSA) is 116 Å². The van der Waals surface area contributed by atoms with Gasteiger partial charge < -0.3 is 11.1 Å². The number of nitrogens with zero attached hydrogens (tertiary/aromatic N) is 3. The summed E-state index contributed by atoms with van der Waals surface area (Å²) in [4.78, 5) is 19.9. The second-order valence-electron chi connectivity index (χ2n) is 4.58. The van der Waals surface area contributed by atoms with E-state index in [0.717, 1.165) is 5.56 Å². The number of nitriles is 1. The summed E-state index contributed by atoms with van der Waals surface area (Å²) in [5.74, 6) is -0.272. The number of aromatic nitrogens is 1. The standard InChI is InChI=1S/C16H16N6O/c1-2-12-13(15(18)23)6-3-7-14(12)22-16(20-10-17)21-11-5-4-8-19-9-11/h3-9H,2H2,1H3,(H2,18,23)(H2,20,21,22). The zero-order valence-corrected chi connectivity index (χ0v) is 12.6. The van der Waals surface area contributed by atoms with Crippen LogP contribution in [-0.4, -0.2) is 16.9 Å². The molecule has 2 rings (SSSR count). The average molecular weight is 308 g/mol. The Hall–Kier alpha value is -3.40. The lowest BCUT2D eigenvalue weighted by atomic mass is 10.0. The molecular weight excluding hydrogens is 292 g/mol. The summed E-state index contributed by atoms with van der Waals surface area (Å²) >= 11 is 0. The maximum atomic E-state index is 11.5. The molecule has 4 N–H and O–H groups in total. The molecule has 7 heteroatoms. The lowest BCUT2D eigenvalue weighted by molar-refractivity contribution is 0.0999. The van der Waals surface area contributed by atoms with Crippen molar-refractivity contribution in [2.75, 3.05) is 5.32 Å². The van der Waals surface area contributed by atoms with Crippen LogP contribution in [0.1, 0.15) is 22.8 Å². The van der Waals surface area contributed by atoms with Gasteiger partial charge in [-0.05, 0) is 36.2 Å². The summed E-state index contributed by atoms with van der Waals surface area (Å²) in [6.07, 6.45) is 5.67. The van der Waals surface area contributed by atoms with Crippen molar-refractivity contribution < 1.29 is 4.79 Å². The third-order valence-corrected chi connectivity index (χ3v) is 3.10. The normalized spacial score (nSPS) is 10.7. The van der Waals surface area contributed by atoms with Crippen LogP contribution in [0.2, 0.25) is 0 Å². The van der Waals surface area contributed by atoms with Gasteiger partial charge >= 0.3 is 0 Å². The Morgan fingerprint density at radius 1 is 1.39 bits per heavy atom. The van der Waals surface area contributed by atoms with Gasteiger partial charge in [0.25, 0.3) is 0 Å². The first-order valence-corrected chi connectivity index (χ1v) is 6.98. The predicted octanol–water partition coefficient (Wildman–Crippen LogP) is 1.91. The molecule has 0 saturated heterocycles. The number of aliphatic imine (C=N–C) groups is 1. The van der Waals surface area contributed by atoms with E-state index in [0.29, 0.717) is 23.4 Å². The van der Waals surface area contributed by atoms with E-state index in [9.17, 15) is 4.79 Å². The van der Waals surface area contributed by atoms with Crippen LogP contribution in [0.25, 0.3) is 0 Å². The van der Waals surface area contributed by atoms with Gasteiger partial charge in [0, 0.05) is 11.8 Å². The van der Waals surface area contributed by atoms with Crippen molar-refractivity contribution >= 4 is 23.2 Å². The number of pyridine rings is 1. The second-order valence-corrected chi connectivity index (χ2v) is 4.58. The van der Waals surface area contributed by atoms with Gasteiger partial charge in [0.1, 0.15) is 0 Å². The van der Waals surface area contributed by atoms with Gasteiger partial charge in [0.05, 0.1) is 17.6 Å². The number of anilines is 1. The van der Waals surface area contributed by atoms with E-state index in [1.165, 1.54) is 0 Å². The third kappa shape index (κ3) is 4.04. The summed E-state index contributed by atoms with van der Waals surface area (Å²) in [5.41, 5.74) is 7.79. The molecule has 23 heavy (non-hydrogen) atoms. The Morgan fingerprint density at radius 2 is 2.22 bits per heavy atom. The predicted molar refractivity (Wildman–Crippen MR) is 88.0 cm³/mol. The number of carbonyl (C=O) groups excluding carboxylic acids is 1. The van der Waals surface area contributed by atoms with E-state index in [2.05, 4.69) is 20.6 Å². The number of carbonyl (C=O) groups is 1. The highest BCUT2D eigenvalue weighted by Gasteiger charge is 2.11. The van der Waals surface area contributed by atoms with E-state index < -0.39 is 5.91 Å². The number of nitrogens with two attached hydrogens (primary N) is 1. The molecule has 1 aromatic heterocycles. The minimum absolute atomic E-state index is 0.233. The number of hydrogen-bond acceptors (Lipinski definition) is 4. The van der Waals surface area contributed by atoms with Crippen LogP contribution in [0.15, 0.2) is 47.7 Å². The SMILES string of the molecule is CCc1c(N=C(NC#N)Nc2cccnc2)cccc1C(N)=O.